The van der Waals surface area contributed by atoms with Gasteiger partial charge in [0.1, 0.15) is 0 Å². The SMILES string of the molecule is CCN(CC1CCCNC1)C(=O)c1cc(Cl)ccc1I. The highest BCUT2D eigenvalue weighted by molar-refractivity contribution is 14.1. The minimum atomic E-state index is 0.0879. The van der Waals surface area contributed by atoms with E-state index in [9.17, 15) is 4.79 Å². The van der Waals surface area contributed by atoms with Crippen LogP contribution in [-0.4, -0.2) is 37.0 Å². The van der Waals surface area contributed by atoms with Gasteiger partial charge in [-0.05, 0) is 79.6 Å². The highest BCUT2D eigenvalue weighted by atomic mass is 127. The van der Waals surface area contributed by atoms with E-state index >= 15 is 0 Å². The maximum absolute atomic E-state index is 12.7. The van der Waals surface area contributed by atoms with Crippen molar-refractivity contribution in [2.24, 2.45) is 5.92 Å². The third-order valence-corrected chi connectivity index (χ3v) is 4.88. The Hall–Kier alpha value is -0.330. The zero-order valence-corrected chi connectivity index (χ0v) is 14.6. The predicted octanol–water partition coefficient (Wildman–Crippen LogP) is 3.41. The van der Waals surface area contributed by atoms with Crippen LogP contribution in [-0.2, 0) is 0 Å². The Morgan fingerprint density at radius 2 is 2.35 bits per heavy atom. The van der Waals surface area contributed by atoms with Crippen LogP contribution in [0, 0.1) is 9.49 Å². The van der Waals surface area contributed by atoms with E-state index in [1.54, 1.807) is 6.07 Å². The minimum absolute atomic E-state index is 0.0879. The third kappa shape index (κ3) is 4.09. The van der Waals surface area contributed by atoms with Crippen molar-refractivity contribution in [1.29, 1.82) is 0 Å². The lowest BCUT2D eigenvalue weighted by atomic mass is 9.99. The molecule has 20 heavy (non-hydrogen) atoms. The Morgan fingerprint density at radius 3 is 3.00 bits per heavy atom. The summed E-state index contributed by atoms with van der Waals surface area (Å²) in [4.78, 5) is 14.6. The molecule has 1 fully saturated rings. The molecule has 0 spiro atoms. The van der Waals surface area contributed by atoms with Crippen LogP contribution in [0.4, 0.5) is 0 Å². The second-order valence-electron chi connectivity index (χ2n) is 5.18. The van der Waals surface area contributed by atoms with Crippen LogP contribution in [0.1, 0.15) is 30.1 Å². The molecule has 0 radical (unpaired) electrons. The number of hydrogen-bond acceptors (Lipinski definition) is 2. The molecule has 1 heterocycles. The molecule has 0 saturated carbocycles. The van der Waals surface area contributed by atoms with Crippen molar-refractivity contribution in [3.8, 4) is 0 Å². The standard InChI is InChI=1S/C15H20ClIN2O/c1-2-19(10-11-4-3-7-18-9-11)15(20)13-8-12(16)5-6-14(13)17/h5-6,8,11,18H,2-4,7,9-10H2,1H3. The Kier molecular flexibility index (Phi) is 6.11. The summed E-state index contributed by atoms with van der Waals surface area (Å²) in [6.45, 7) is 5.70. The van der Waals surface area contributed by atoms with E-state index in [2.05, 4.69) is 27.9 Å². The maximum atomic E-state index is 12.7. The zero-order chi connectivity index (χ0) is 14.5. The average molecular weight is 407 g/mol. The summed E-state index contributed by atoms with van der Waals surface area (Å²) in [5.41, 5.74) is 0.712. The largest absolute Gasteiger partial charge is 0.339 e. The number of hydrogen-bond donors (Lipinski definition) is 1. The summed E-state index contributed by atoms with van der Waals surface area (Å²) >= 11 is 8.21. The van der Waals surface area contributed by atoms with Gasteiger partial charge in [0.2, 0.25) is 0 Å². The molecule has 5 heteroatoms. The van der Waals surface area contributed by atoms with Gasteiger partial charge in [-0.2, -0.15) is 0 Å². The van der Waals surface area contributed by atoms with Crippen LogP contribution in [0.5, 0.6) is 0 Å². The molecule has 1 amide bonds. The third-order valence-electron chi connectivity index (χ3n) is 3.71. The van der Waals surface area contributed by atoms with Gasteiger partial charge >= 0.3 is 0 Å². The second kappa shape index (κ2) is 7.61. The van der Waals surface area contributed by atoms with Crippen molar-refractivity contribution in [1.82, 2.24) is 10.2 Å². The fraction of sp³-hybridized carbons (Fsp3) is 0.533. The molecular formula is C15H20ClIN2O. The van der Waals surface area contributed by atoms with Gasteiger partial charge < -0.3 is 10.2 Å². The molecule has 1 aromatic rings. The predicted molar refractivity (Wildman–Crippen MR) is 91.3 cm³/mol. The van der Waals surface area contributed by atoms with Crippen molar-refractivity contribution in [3.05, 3.63) is 32.4 Å². The number of piperidine rings is 1. The number of amides is 1. The van der Waals surface area contributed by atoms with Crippen LogP contribution < -0.4 is 5.32 Å². The van der Waals surface area contributed by atoms with E-state index in [0.717, 1.165) is 29.7 Å². The molecule has 1 aliphatic rings. The molecule has 110 valence electrons. The lowest BCUT2D eigenvalue weighted by molar-refractivity contribution is 0.0728. The number of benzene rings is 1. The van der Waals surface area contributed by atoms with Crippen LogP contribution in [0.2, 0.25) is 5.02 Å². The lowest BCUT2D eigenvalue weighted by Crippen LogP contribution is -2.41. The first-order valence-electron chi connectivity index (χ1n) is 7.07. The first-order valence-corrected chi connectivity index (χ1v) is 8.52. The number of rotatable bonds is 4. The van der Waals surface area contributed by atoms with Crippen molar-refractivity contribution in [2.75, 3.05) is 26.2 Å². The fourth-order valence-electron chi connectivity index (χ4n) is 2.58. The molecule has 1 saturated heterocycles. The van der Waals surface area contributed by atoms with Gasteiger partial charge in [0.05, 0.1) is 5.56 Å². The molecular weight excluding hydrogens is 387 g/mol. The lowest BCUT2D eigenvalue weighted by Gasteiger charge is -2.29. The van der Waals surface area contributed by atoms with E-state index in [0.29, 0.717) is 16.5 Å². The van der Waals surface area contributed by atoms with Crippen LogP contribution in [0.3, 0.4) is 0 Å². The van der Waals surface area contributed by atoms with E-state index < -0.39 is 0 Å². The second-order valence-corrected chi connectivity index (χ2v) is 6.78. The molecule has 1 atom stereocenters. The minimum Gasteiger partial charge on any atom is -0.339 e. The molecule has 2 rings (SSSR count). The van der Waals surface area contributed by atoms with Gasteiger partial charge in [0, 0.05) is 21.7 Å². The Bertz CT molecular complexity index is 475. The van der Waals surface area contributed by atoms with Crippen molar-refractivity contribution < 1.29 is 4.79 Å². The molecule has 0 bridgehead atoms. The molecule has 0 aromatic heterocycles. The number of carbonyl (C=O) groups excluding carboxylic acids is 1. The van der Waals surface area contributed by atoms with Crippen molar-refractivity contribution >= 4 is 40.1 Å². The topological polar surface area (TPSA) is 32.3 Å². The maximum Gasteiger partial charge on any atom is 0.254 e. The van der Waals surface area contributed by atoms with Crippen LogP contribution >= 0.6 is 34.2 Å². The van der Waals surface area contributed by atoms with Gasteiger partial charge in [0.15, 0.2) is 0 Å². The quantitative estimate of drug-likeness (QED) is 0.777. The van der Waals surface area contributed by atoms with Crippen molar-refractivity contribution in [2.45, 2.75) is 19.8 Å². The average Bonchev–Trinajstić information content (AvgIpc) is 2.47. The summed E-state index contributed by atoms with van der Waals surface area (Å²) in [5.74, 6) is 0.648. The molecule has 3 nitrogen and oxygen atoms in total. The fourth-order valence-corrected chi connectivity index (χ4v) is 3.32. The van der Waals surface area contributed by atoms with Crippen molar-refractivity contribution in [3.63, 3.8) is 0 Å². The summed E-state index contributed by atoms with van der Waals surface area (Å²) in [7, 11) is 0. The molecule has 1 unspecified atom stereocenters. The Morgan fingerprint density at radius 1 is 1.55 bits per heavy atom. The smallest absolute Gasteiger partial charge is 0.254 e. The van der Waals surface area contributed by atoms with E-state index in [1.807, 2.05) is 24.0 Å². The normalized spacial score (nSPS) is 18.9. The summed E-state index contributed by atoms with van der Waals surface area (Å²) < 4.78 is 0.956. The first-order chi connectivity index (χ1) is 9.61. The van der Waals surface area contributed by atoms with E-state index in [1.165, 1.54) is 12.8 Å². The summed E-state index contributed by atoms with van der Waals surface area (Å²) in [6.07, 6.45) is 2.40. The van der Waals surface area contributed by atoms with Gasteiger partial charge in [-0.1, -0.05) is 11.6 Å². The number of halogens is 2. The Labute approximate surface area is 139 Å². The van der Waals surface area contributed by atoms with E-state index in [4.69, 9.17) is 11.6 Å². The van der Waals surface area contributed by atoms with Gasteiger partial charge in [-0.3, -0.25) is 4.79 Å². The van der Waals surface area contributed by atoms with Crippen LogP contribution in [0.15, 0.2) is 18.2 Å². The zero-order valence-electron chi connectivity index (χ0n) is 11.7. The van der Waals surface area contributed by atoms with E-state index in [-0.39, 0.29) is 5.91 Å². The monoisotopic (exact) mass is 406 g/mol. The number of nitrogens with zero attached hydrogens (tertiary/aromatic N) is 1. The molecule has 0 aliphatic carbocycles. The highest BCUT2D eigenvalue weighted by Crippen LogP contribution is 2.21. The molecule has 1 aromatic carbocycles. The van der Waals surface area contributed by atoms with Gasteiger partial charge in [-0.15, -0.1) is 0 Å². The number of nitrogens with one attached hydrogen (secondary N) is 1. The first kappa shape index (κ1) is 16.0. The molecule has 1 N–H and O–H groups in total. The van der Waals surface area contributed by atoms with Gasteiger partial charge in [-0.25, -0.2) is 0 Å². The Balaban J connectivity index is 2.09. The summed E-state index contributed by atoms with van der Waals surface area (Å²) in [5, 5.41) is 4.02. The summed E-state index contributed by atoms with van der Waals surface area (Å²) in [6, 6.07) is 5.49. The van der Waals surface area contributed by atoms with Crippen LogP contribution in [0.25, 0.3) is 0 Å². The number of carbonyl (C=O) groups is 1. The van der Waals surface area contributed by atoms with Gasteiger partial charge in [0.25, 0.3) is 5.91 Å². The highest BCUT2D eigenvalue weighted by Gasteiger charge is 2.22. The molecule has 1 aliphatic heterocycles.